The molecule has 1 unspecified atom stereocenters. The van der Waals surface area contributed by atoms with Gasteiger partial charge in [0.25, 0.3) is 17.7 Å². The van der Waals surface area contributed by atoms with E-state index < -0.39 is 58.7 Å². The highest BCUT2D eigenvalue weighted by molar-refractivity contribution is 6.25. The molecule has 3 aliphatic rings. The summed E-state index contributed by atoms with van der Waals surface area (Å²) in [4.78, 5) is 70.9. The van der Waals surface area contributed by atoms with E-state index in [1.807, 2.05) is 24.3 Å². The molecule has 17 heteroatoms. The smallest absolute Gasteiger partial charge is 0.386 e. The molecule has 61 heavy (non-hydrogen) atoms. The van der Waals surface area contributed by atoms with Gasteiger partial charge in [0.15, 0.2) is 0 Å². The van der Waals surface area contributed by atoms with Gasteiger partial charge >= 0.3 is 6.18 Å². The van der Waals surface area contributed by atoms with Crippen LogP contribution in [0.25, 0.3) is 16.6 Å². The second-order valence-electron chi connectivity index (χ2n) is 16.4. The standard InChI is InChI=1S/C44H43F3N8O6/c1-43(2,61)30-21-33-25(20-34(30)50-39(57)32-8-5-9-36(49-32)44(45,46)47)23-54(52-33)28-14-10-24(11-15-28)22-53(3)27-16-12-26(13-17-27)48-31-7-4-6-29-38(31)42(60)55(41(29)59)35-18-19-37(56)51-40(35)58/h4-11,14-15,20-21,23,26-27,35,48,61H,12-13,16-19,22H2,1-3H3,(H,50,57)(H,51,56,58). The first-order chi connectivity index (χ1) is 28.9. The number of rotatable bonds is 10. The maximum atomic E-state index is 13.6. The minimum atomic E-state index is -4.72. The number of carbonyl (C=O) groups is 5. The lowest BCUT2D eigenvalue weighted by Gasteiger charge is -2.35. The van der Waals surface area contributed by atoms with Gasteiger partial charge in [-0.05, 0) is 107 Å². The minimum absolute atomic E-state index is 0.0549. The zero-order valence-electron chi connectivity index (χ0n) is 33.5. The summed E-state index contributed by atoms with van der Waals surface area (Å²) in [6.07, 6.45) is 0.685. The first kappa shape index (κ1) is 41.3. The van der Waals surface area contributed by atoms with Crippen LogP contribution in [0.3, 0.4) is 0 Å². The Labute approximate surface area is 348 Å². The summed E-state index contributed by atoms with van der Waals surface area (Å²) in [6.45, 7) is 3.76. The summed E-state index contributed by atoms with van der Waals surface area (Å²) >= 11 is 0. The van der Waals surface area contributed by atoms with Crippen molar-refractivity contribution in [1.29, 1.82) is 0 Å². The largest absolute Gasteiger partial charge is 0.433 e. The molecule has 5 amide bonds. The quantitative estimate of drug-likeness (QED) is 0.119. The molecule has 1 aliphatic carbocycles. The first-order valence-electron chi connectivity index (χ1n) is 20.0. The second kappa shape index (κ2) is 15.9. The number of benzene rings is 3. The number of imide groups is 2. The Morgan fingerprint density at radius 2 is 1.64 bits per heavy atom. The molecule has 4 heterocycles. The fourth-order valence-electron chi connectivity index (χ4n) is 8.41. The van der Waals surface area contributed by atoms with Crippen molar-refractivity contribution in [3.63, 3.8) is 0 Å². The average molecular weight is 837 g/mol. The second-order valence-corrected chi connectivity index (χ2v) is 16.4. The minimum Gasteiger partial charge on any atom is -0.386 e. The zero-order valence-corrected chi connectivity index (χ0v) is 33.5. The molecule has 5 aromatic rings. The molecule has 2 aliphatic heterocycles. The van der Waals surface area contributed by atoms with Gasteiger partial charge in [-0.25, -0.2) is 9.67 Å². The Morgan fingerprint density at radius 1 is 0.918 bits per heavy atom. The molecule has 14 nitrogen and oxygen atoms in total. The number of anilines is 2. The lowest BCUT2D eigenvalue weighted by atomic mass is 9.89. The Bertz CT molecular complexity index is 2580. The number of hydrogen-bond acceptors (Lipinski definition) is 10. The van der Waals surface area contributed by atoms with E-state index in [-0.39, 0.29) is 35.7 Å². The van der Waals surface area contributed by atoms with Crippen molar-refractivity contribution in [2.75, 3.05) is 17.7 Å². The van der Waals surface area contributed by atoms with Crippen LogP contribution < -0.4 is 16.0 Å². The van der Waals surface area contributed by atoms with Crippen molar-refractivity contribution in [1.82, 2.24) is 29.9 Å². The van der Waals surface area contributed by atoms with Gasteiger partial charge in [-0.3, -0.25) is 39.1 Å². The topological polar surface area (TPSA) is 179 Å². The molecule has 2 aromatic heterocycles. The number of amides is 5. The van der Waals surface area contributed by atoms with Crippen LogP contribution >= 0.6 is 0 Å². The Balaban J connectivity index is 0.892. The number of alkyl halides is 3. The normalized spacial score (nSPS) is 19.7. The van der Waals surface area contributed by atoms with E-state index in [2.05, 4.69) is 32.9 Å². The number of nitrogens with one attached hydrogen (secondary N) is 3. The molecular weight excluding hydrogens is 794 g/mol. The number of fused-ring (bicyclic) bond motifs is 2. The van der Waals surface area contributed by atoms with E-state index in [0.29, 0.717) is 34.7 Å². The molecule has 1 saturated carbocycles. The van der Waals surface area contributed by atoms with Crippen LogP contribution in [-0.2, 0) is 27.9 Å². The van der Waals surface area contributed by atoms with Crippen molar-refractivity contribution in [2.24, 2.45) is 0 Å². The van der Waals surface area contributed by atoms with E-state index in [1.54, 1.807) is 41.2 Å². The van der Waals surface area contributed by atoms with Crippen LogP contribution in [0, 0.1) is 0 Å². The molecule has 1 saturated heterocycles. The molecule has 2 fully saturated rings. The molecule has 3 aromatic carbocycles. The fourth-order valence-corrected chi connectivity index (χ4v) is 8.41. The maximum Gasteiger partial charge on any atom is 0.433 e. The zero-order chi connectivity index (χ0) is 43.4. The summed E-state index contributed by atoms with van der Waals surface area (Å²) in [5.74, 6) is -3.00. The molecule has 1 atom stereocenters. The Hall–Kier alpha value is -6.46. The van der Waals surface area contributed by atoms with Gasteiger partial charge in [0.05, 0.1) is 27.9 Å². The van der Waals surface area contributed by atoms with Gasteiger partial charge in [-0.2, -0.15) is 18.3 Å². The van der Waals surface area contributed by atoms with Crippen molar-refractivity contribution < 1.29 is 42.3 Å². The fraction of sp³-hybridized carbons (Fsp3) is 0.341. The lowest BCUT2D eigenvalue weighted by Crippen LogP contribution is -2.54. The molecule has 0 radical (unpaired) electrons. The number of aromatic nitrogens is 3. The number of hydrogen-bond donors (Lipinski definition) is 4. The van der Waals surface area contributed by atoms with Crippen molar-refractivity contribution in [3.05, 3.63) is 113 Å². The van der Waals surface area contributed by atoms with Crippen LogP contribution in [0.2, 0.25) is 0 Å². The number of piperidine rings is 1. The third-order valence-electron chi connectivity index (χ3n) is 11.6. The molecule has 0 bridgehead atoms. The monoisotopic (exact) mass is 836 g/mol. The van der Waals surface area contributed by atoms with Crippen LogP contribution in [0.15, 0.2) is 79.0 Å². The van der Waals surface area contributed by atoms with Crippen molar-refractivity contribution in [2.45, 2.75) is 88.8 Å². The lowest BCUT2D eigenvalue weighted by molar-refractivity contribution is -0.141. The molecule has 8 rings (SSSR count). The molecule has 4 N–H and O–H groups in total. The number of aliphatic hydroxyl groups is 1. The highest BCUT2D eigenvalue weighted by Crippen LogP contribution is 2.36. The van der Waals surface area contributed by atoms with E-state index in [1.165, 1.54) is 19.9 Å². The van der Waals surface area contributed by atoms with E-state index >= 15 is 0 Å². The van der Waals surface area contributed by atoms with Crippen molar-refractivity contribution >= 4 is 51.8 Å². The Morgan fingerprint density at radius 3 is 2.33 bits per heavy atom. The van der Waals surface area contributed by atoms with Crippen LogP contribution in [0.1, 0.15) is 100 Å². The van der Waals surface area contributed by atoms with Gasteiger partial charge < -0.3 is 15.7 Å². The number of halogens is 3. The van der Waals surface area contributed by atoms with E-state index in [0.717, 1.165) is 54.0 Å². The predicted molar refractivity (Wildman–Crippen MR) is 218 cm³/mol. The van der Waals surface area contributed by atoms with Gasteiger partial charge in [0.2, 0.25) is 11.8 Å². The predicted octanol–water partition coefficient (Wildman–Crippen LogP) is 6.18. The highest BCUT2D eigenvalue weighted by atomic mass is 19.4. The van der Waals surface area contributed by atoms with Gasteiger partial charge in [-0.15, -0.1) is 0 Å². The van der Waals surface area contributed by atoms with Crippen LogP contribution in [-0.4, -0.2) is 84.4 Å². The van der Waals surface area contributed by atoms with E-state index in [9.17, 15) is 42.3 Å². The highest BCUT2D eigenvalue weighted by Gasteiger charge is 2.46. The molecule has 316 valence electrons. The molecule has 0 spiro atoms. The van der Waals surface area contributed by atoms with Gasteiger partial charge in [-0.1, -0.05) is 24.3 Å². The SMILES string of the molecule is CN(Cc1ccc(-n2cc3cc(NC(=O)c4cccc(C(F)(F)F)n4)c(C(C)(C)O)cc3n2)cc1)C1CCC(Nc2cccc3c2C(=O)N(C2CCC(=O)NC2=O)C3=O)CC1. The van der Waals surface area contributed by atoms with Crippen LogP contribution in [0.4, 0.5) is 24.5 Å². The summed E-state index contributed by atoms with van der Waals surface area (Å²) in [6, 6.07) is 18.7. The first-order valence-corrected chi connectivity index (χ1v) is 20.0. The van der Waals surface area contributed by atoms with Gasteiger partial charge in [0.1, 0.15) is 17.4 Å². The summed E-state index contributed by atoms with van der Waals surface area (Å²) in [5, 5.41) is 24.7. The van der Waals surface area contributed by atoms with Crippen molar-refractivity contribution in [3.8, 4) is 5.69 Å². The third kappa shape index (κ3) is 8.35. The number of nitrogens with zero attached hydrogens (tertiary/aromatic N) is 5. The average Bonchev–Trinajstić information content (AvgIpc) is 3.75. The maximum absolute atomic E-state index is 13.6. The summed E-state index contributed by atoms with van der Waals surface area (Å²) < 4.78 is 41.4. The van der Waals surface area contributed by atoms with Crippen LogP contribution in [0.5, 0.6) is 0 Å². The van der Waals surface area contributed by atoms with E-state index in [4.69, 9.17) is 5.10 Å². The number of carbonyl (C=O) groups excluding carboxylic acids is 5. The number of pyridine rings is 1. The molecular formula is C44H43F3N8O6. The van der Waals surface area contributed by atoms with Gasteiger partial charge in [0, 0.05) is 53.6 Å². The summed E-state index contributed by atoms with van der Waals surface area (Å²) in [5.41, 5.74) is 0.936. The third-order valence-corrected chi connectivity index (χ3v) is 11.6. The summed E-state index contributed by atoms with van der Waals surface area (Å²) in [7, 11) is 2.09. The Kier molecular flexibility index (Phi) is 10.7.